The van der Waals surface area contributed by atoms with Gasteiger partial charge in [-0.25, -0.2) is 19.9 Å². The van der Waals surface area contributed by atoms with Crippen molar-refractivity contribution in [2.75, 3.05) is 38.2 Å². The van der Waals surface area contributed by atoms with Crippen LogP contribution in [0.4, 0.5) is 5.82 Å². The van der Waals surface area contributed by atoms with Crippen molar-refractivity contribution in [3.05, 3.63) is 90.5 Å². The van der Waals surface area contributed by atoms with Crippen molar-refractivity contribution in [2.45, 2.75) is 13.3 Å². The molecule has 0 spiro atoms. The van der Waals surface area contributed by atoms with E-state index < -0.39 is 0 Å². The van der Waals surface area contributed by atoms with Gasteiger partial charge in [-0.05, 0) is 17.7 Å². The second-order valence-corrected chi connectivity index (χ2v) is 10.2. The Labute approximate surface area is 243 Å². The minimum absolute atomic E-state index is 0.205. The van der Waals surface area contributed by atoms with Crippen LogP contribution in [0.15, 0.2) is 79.1 Å². The molecule has 2 aliphatic rings. The first-order chi connectivity index (χ1) is 20.7. The maximum atomic E-state index is 9.12. The number of nitrogens with zero attached hydrogens (tertiary/aromatic N) is 8. The number of benzene rings is 2. The Hall–Kier alpha value is -5.27. The normalized spacial score (nSPS) is 14.4. The maximum Gasteiger partial charge on any atom is 0.234 e. The molecule has 7 rings (SSSR count). The summed E-state index contributed by atoms with van der Waals surface area (Å²) in [5.74, 6) is 3.00. The summed E-state index contributed by atoms with van der Waals surface area (Å²) in [5, 5.41) is 9.12. The smallest absolute Gasteiger partial charge is 0.234 e. The Morgan fingerprint density at radius 3 is 2.43 bits per heavy atom. The van der Waals surface area contributed by atoms with E-state index >= 15 is 0 Å². The highest BCUT2D eigenvalue weighted by atomic mass is 16.5. The zero-order valence-corrected chi connectivity index (χ0v) is 23.1. The third-order valence-electron chi connectivity index (χ3n) is 7.74. The Morgan fingerprint density at radius 1 is 0.881 bits per heavy atom. The first-order valence-electron chi connectivity index (χ1n) is 13.8. The SMILES string of the molecule is COc1ccnc2c1-c1nc(-c3ccc(CN4CCN(c5ccnc(C#N)n5)CC4)cc3)c(-c3ccccc3)n1CO2. The average Bonchev–Trinajstić information content (AvgIpc) is 3.45. The molecule has 10 heteroatoms. The number of pyridine rings is 1. The fourth-order valence-electron chi connectivity index (χ4n) is 5.64. The number of ether oxygens (including phenoxy) is 2. The summed E-state index contributed by atoms with van der Waals surface area (Å²) in [6.07, 6.45) is 3.34. The van der Waals surface area contributed by atoms with Crippen LogP contribution >= 0.6 is 0 Å². The van der Waals surface area contributed by atoms with Crippen molar-refractivity contribution < 1.29 is 9.47 Å². The fourth-order valence-corrected chi connectivity index (χ4v) is 5.64. The van der Waals surface area contributed by atoms with E-state index in [1.165, 1.54) is 5.56 Å². The standard InChI is InChI=1S/C32H28N8O2/c1-41-25-11-13-35-32-28(25)31-37-29(30(40(31)21-42-32)24-5-3-2-4-6-24)23-9-7-22(8-10-23)20-38-15-17-39(18-16-38)27-12-14-34-26(19-33)36-27/h2-14H,15-18,20-21H2,1H3. The van der Waals surface area contributed by atoms with Gasteiger partial charge in [0, 0.05) is 56.2 Å². The molecule has 5 aromatic rings. The van der Waals surface area contributed by atoms with Crippen LogP contribution in [-0.2, 0) is 13.3 Å². The van der Waals surface area contributed by atoms with E-state index in [1.807, 2.05) is 36.4 Å². The number of hydrogen-bond acceptors (Lipinski definition) is 9. The molecule has 0 aliphatic carbocycles. The van der Waals surface area contributed by atoms with Gasteiger partial charge in [0.25, 0.3) is 0 Å². The molecule has 2 aromatic carbocycles. The third-order valence-corrected chi connectivity index (χ3v) is 7.74. The number of anilines is 1. The molecule has 1 saturated heterocycles. The summed E-state index contributed by atoms with van der Waals surface area (Å²) in [6, 6.07) is 24.7. The van der Waals surface area contributed by atoms with Gasteiger partial charge in [-0.3, -0.25) is 9.47 Å². The molecule has 5 heterocycles. The lowest BCUT2D eigenvalue weighted by Crippen LogP contribution is -2.46. The van der Waals surface area contributed by atoms with Crippen LogP contribution in [0.2, 0.25) is 0 Å². The second kappa shape index (κ2) is 11.0. The van der Waals surface area contributed by atoms with Crippen molar-refractivity contribution in [3.63, 3.8) is 0 Å². The average molecular weight is 557 g/mol. The number of methoxy groups -OCH3 is 1. The number of nitriles is 1. The Bertz CT molecular complexity index is 1760. The van der Waals surface area contributed by atoms with Crippen molar-refractivity contribution >= 4 is 5.82 Å². The Balaban J connectivity index is 1.14. The summed E-state index contributed by atoms with van der Waals surface area (Å²) in [5.41, 5.74) is 5.98. The molecule has 0 bridgehead atoms. The van der Waals surface area contributed by atoms with Gasteiger partial charge >= 0.3 is 0 Å². The van der Waals surface area contributed by atoms with Gasteiger partial charge in [0.1, 0.15) is 23.2 Å². The number of piperazine rings is 1. The Morgan fingerprint density at radius 2 is 1.67 bits per heavy atom. The van der Waals surface area contributed by atoms with Gasteiger partial charge in [-0.2, -0.15) is 5.26 Å². The van der Waals surface area contributed by atoms with Gasteiger partial charge in [-0.1, -0.05) is 54.6 Å². The van der Waals surface area contributed by atoms with Crippen molar-refractivity contribution in [2.24, 2.45) is 0 Å². The summed E-state index contributed by atoms with van der Waals surface area (Å²) in [4.78, 5) is 22.6. The molecule has 1 fully saturated rings. The number of fused-ring (bicyclic) bond motifs is 3. The van der Waals surface area contributed by atoms with Gasteiger partial charge in [0.2, 0.25) is 11.7 Å². The number of aromatic nitrogens is 5. The first kappa shape index (κ1) is 25.7. The fraction of sp³-hybridized carbons (Fsp3) is 0.219. The molecule has 0 radical (unpaired) electrons. The minimum Gasteiger partial charge on any atom is -0.496 e. The minimum atomic E-state index is 0.205. The van der Waals surface area contributed by atoms with Crippen LogP contribution in [0.3, 0.4) is 0 Å². The highest BCUT2D eigenvalue weighted by Crippen LogP contribution is 2.44. The summed E-state index contributed by atoms with van der Waals surface area (Å²) < 4.78 is 13.8. The molecule has 0 atom stereocenters. The molecule has 0 unspecified atom stereocenters. The highest BCUT2D eigenvalue weighted by molar-refractivity contribution is 5.84. The van der Waals surface area contributed by atoms with Crippen molar-refractivity contribution in [1.82, 2.24) is 29.4 Å². The number of hydrogen-bond donors (Lipinski definition) is 0. The van der Waals surface area contributed by atoms with Crippen LogP contribution < -0.4 is 14.4 Å². The molecular formula is C32H28N8O2. The van der Waals surface area contributed by atoms with Gasteiger partial charge in [0.15, 0.2) is 12.6 Å². The van der Waals surface area contributed by atoms with E-state index in [-0.39, 0.29) is 5.82 Å². The molecular weight excluding hydrogens is 528 g/mol. The maximum absolute atomic E-state index is 9.12. The van der Waals surface area contributed by atoms with Crippen LogP contribution in [0, 0.1) is 11.3 Å². The lowest BCUT2D eigenvalue weighted by atomic mass is 10.0. The molecule has 208 valence electrons. The number of rotatable bonds is 6. The number of imidazole rings is 1. The zero-order chi connectivity index (χ0) is 28.5. The lowest BCUT2D eigenvalue weighted by molar-refractivity contribution is 0.220. The van der Waals surface area contributed by atoms with E-state index in [1.54, 1.807) is 19.5 Å². The van der Waals surface area contributed by atoms with Crippen LogP contribution in [-0.4, -0.2) is 62.7 Å². The summed E-state index contributed by atoms with van der Waals surface area (Å²) >= 11 is 0. The van der Waals surface area contributed by atoms with Crippen LogP contribution in [0.25, 0.3) is 33.9 Å². The Kier molecular flexibility index (Phi) is 6.70. The van der Waals surface area contributed by atoms with E-state index in [0.717, 1.165) is 72.4 Å². The molecule has 0 amide bonds. The van der Waals surface area contributed by atoms with Gasteiger partial charge < -0.3 is 14.4 Å². The molecule has 3 aromatic heterocycles. The van der Waals surface area contributed by atoms with Crippen molar-refractivity contribution in [1.29, 1.82) is 5.26 Å². The van der Waals surface area contributed by atoms with E-state index in [9.17, 15) is 0 Å². The summed E-state index contributed by atoms with van der Waals surface area (Å²) in [7, 11) is 1.65. The van der Waals surface area contributed by atoms with E-state index in [0.29, 0.717) is 18.4 Å². The molecule has 0 N–H and O–H groups in total. The zero-order valence-electron chi connectivity index (χ0n) is 23.1. The lowest BCUT2D eigenvalue weighted by Gasteiger charge is -2.35. The molecule has 10 nitrogen and oxygen atoms in total. The molecule has 0 saturated carbocycles. The van der Waals surface area contributed by atoms with E-state index in [2.05, 4.69) is 65.7 Å². The predicted octanol–water partition coefficient (Wildman–Crippen LogP) is 4.62. The quantitative estimate of drug-likeness (QED) is 0.296. The topological polar surface area (TPSA) is 105 Å². The highest BCUT2D eigenvalue weighted by Gasteiger charge is 2.30. The van der Waals surface area contributed by atoms with Crippen LogP contribution in [0.1, 0.15) is 11.4 Å². The van der Waals surface area contributed by atoms with Gasteiger partial charge in [-0.15, -0.1) is 0 Å². The molecule has 2 aliphatic heterocycles. The largest absolute Gasteiger partial charge is 0.496 e. The van der Waals surface area contributed by atoms with Crippen molar-refractivity contribution in [3.8, 4) is 51.6 Å². The van der Waals surface area contributed by atoms with Gasteiger partial charge in [0.05, 0.1) is 18.5 Å². The first-order valence-corrected chi connectivity index (χ1v) is 13.8. The van der Waals surface area contributed by atoms with E-state index in [4.69, 9.17) is 19.7 Å². The summed E-state index contributed by atoms with van der Waals surface area (Å²) in [6.45, 7) is 4.70. The molecule has 42 heavy (non-hydrogen) atoms. The van der Waals surface area contributed by atoms with Crippen LogP contribution in [0.5, 0.6) is 11.6 Å². The third kappa shape index (κ3) is 4.70. The predicted molar refractivity (Wildman–Crippen MR) is 158 cm³/mol. The monoisotopic (exact) mass is 556 g/mol. The second-order valence-electron chi connectivity index (χ2n) is 10.2.